The van der Waals surface area contributed by atoms with E-state index < -0.39 is 0 Å². The molecule has 15 heavy (non-hydrogen) atoms. The molecular formula is C14H27N. The van der Waals surface area contributed by atoms with Crippen molar-refractivity contribution >= 4 is 0 Å². The van der Waals surface area contributed by atoms with Gasteiger partial charge in [-0.2, -0.15) is 0 Å². The quantitative estimate of drug-likeness (QED) is 0.698. The van der Waals surface area contributed by atoms with Crippen molar-refractivity contribution < 1.29 is 0 Å². The monoisotopic (exact) mass is 209 g/mol. The van der Waals surface area contributed by atoms with Crippen LogP contribution in [0.2, 0.25) is 0 Å². The van der Waals surface area contributed by atoms with Crippen LogP contribution in [-0.2, 0) is 0 Å². The van der Waals surface area contributed by atoms with E-state index in [1.165, 1.54) is 19.3 Å². The van der Waals surface area contributed by atoms with E-state index in [4.69, 9.17) is 0 Å². The molecule has 0 radical (unpaired) electrons. The summed E-state index contributed by atoms with van der Waals surface area (Å²) in [5.74, 6) is 0.762. The Bertz CT molecular complexity index is 220. The molecule has 0 saturated heterocycles. The topological polar surface area (TPSA) is 12.0 Å². The Labute approximate surface area is 95.3 Å². The number of nitrogens with one attached hydrogen (secondary N) is 1. The zero-order chi connectivity index (χ0) is 11.5. The predicted molar refractivity (Wildman–Crippen MR) is 68.0 cm³/mol. The van der Waals surface area contributed by atoms with Gasteiger partial charge in [0.2, 0.25) is 0 Å². The molecule has 1 heteroatoms. The molecule has 0 aromatic carbocycles. The van der Waals surface area contributed by atoms with Crippen LogP contribution in [0.4, 0.5) is 0 Å². The van der Waals surface area contributed by atoms with Gasteiger partial charge in [-0.1, -0.05) is 46.3 Å². The van der Waals surface area contributed by atoms with E-state index in [0.29, 0.717) is 5.41 Å². The summed E-state index contributed by atoms with van der Waals surface area (Å²) in [4.78, 5) is 0. The van der Waals surface area contributed by atoms with Gasteiger partial charge in [-0.25, -0.2) is 0 Å². The standard InChI is InChI=1S/C14H27N/c1-11(2)10-15-13-8-6-12(7-9-13)14(3,4)5/h6,11,13,15H,7-10H2,1-5H3/t13-/m1/s1. The van der Waals surface area contributed by atoms with E-state index in [1.54, 1.807) is 5.57 Å². The van der Waals surface area contributed by atoms with Crippen molar-refractivity contribution in [2.45, 2.75) is 59.9 Å². The lowest BCUT2D eigenvalue weighted by molar-refractivity contribution is 0.395. The minimum Gasteiger partial charge on any atom is -0.313 e. The lowest BCUT2D eigenvalue weighted by atomic mass is 9.79. The SMILES string of the molecule is CC(C)CN[C@@H]1CC=C(C(C)(C)C)CC1. The van der Waals surface area contributed by atoms with Crippen LogP contribution in [0.5, 0.6) is 0 Å². The largest absolute Gasteiger partial charge is 0.313 e. The van der Waals surface area contributed by atoms with Crippen LogP contribution >= 0.6 is 0 Å². The molecule has 0 aromatic rings. The summed E-state index contributed by atoms with van der Waals surface area (Å²) in [7, 11) is 0. The van der Waals surface area contributed by atoms with Crippen LogP contribution in [0.1, 0.15) is 53.9 Å². The summed E-state index contributed by atoms with van der Waals surface area (Å²) in [6.07, 6.45) is 6.27. The summed E-state index contributed by atoms with van der Waals surface area (Å²) < 4.78 is 0. The Morgan fingerprint density at radius 3 is 2.47 bits per heavy atom. The highest BCUT2D eigenvalue weighted by molar-refractivity contribution is 5.14. The smallest absolute Gasteiger partial charge is 0.0105 e. The number of rotatable bonds is 3. The third-order valence-electron chi connectivity index (χ3n) is 3.19. The van der Waals surface area contributed by atoms with Crippen LogP contribution in [-0.4, -0.2) is 12.6 Å². The van der Waals surface area contributed by atoms with Crippen molar-refractivity contribution in [2.75, 3.05) is 6.54 Å². The van der Waals surface area contributed by atoms with E-state index >= 15 is 0 Å². The minimum atomic E-state index is 0.378. The number of allylic oxidation sites excluding steroid dienone is 1. The Kier molecular flexibility index (Phi) is 4.39. The fourth-order valence-corrected chi connectivity index (χ4v) is 2.10. The zero-order valence-electron chi connectivity index (χ0n) is 11.1. The van der Waals surface area contributed by atoms with Crippen LogP contribution in [0, 0.1) is 11.3 Å². The van der Waals surface area contributed by atoms with E-state index in [-0.39, 0.29) is 0 Å². The number of hydrogen-bond acceptors (Lipinski definition) is 1. The van der Waals surface area contributed by atoms with Crippen molar-refractivity contribution in [3.05, 3.63) is 11.6 Å². The molecule has 1 nitrogen and oxygen atoms in total. The second kappa shape index (κ2) is 5.16. The Morgan fingerprint density at radius 2 is 2.07 bits per heavy atom. The summed E-state index contributed by atoms with van der Waals surface area (Å²) >= 11 is 0. The Hall–Kier alpha value is -0.300. The maximum Gasteiger partial charge on any atom is 0.0105 e. The molecule has 0 saturated carbocycles. The first-order valence-corrected chi connectivity index (χ1v) is 6.32. The number of hydrogen-bond donors (Lipinski definition) is 1. The highest BCUT2D eigenvalue weighted by Crippen LogP contribution is 2.33. The third-order valence-corrected chi connectivity index (χ3v) is 3.19. The average molecular weight is 209 g/mol. The fraction of sp³-hybridized carbons (Fsp3) is 0.857. The fourth-order valence-electron chi connectivity index (χ4n) is 2.10. The first-order valence-electron chi connectivity index (χ1n) is 6.32. The molecule has 1 N–H and O–H groups in total. The van der Waals surface area contributed by atoms with Crippen molar-refractivity contribution in [1.29, 1.82) is 0 Å². The van der Waals surface area contributed by atoms with Gasteiger partial charge >= 0.3 is 0 Å². The summed E-state index contributed by atoms with van der Waals surface area (Å²) in [5, 5.41) is 3.65. The molecule has 0 bridgehead atoms. The van der Waals surface area contributed by atoms with Gasteiger partial charge in [-0.15, -0.1) is 0 Å². The maximum absolute atomic E-state index is 3.65. The molecule has 1 atom stereocenters. The molecule has 1 aliphatic carbocycles. The third kappa shape index (κ3) is 4.38. The summed E-state index contributed by atoms with van der Waals surface area (Å²) in [5.41, 5.74) is 2.02. The highest BCUT2D eigenvalue weighted by Gasteiger charge is 2.22. The lowest BCUT2D eigenvalue weighted by Crippen LogP contribution is -2.34. The second-order valence-electron chi connectivity index (χ2n) is 6.25. The van der Waals surface area contributed by atoms with Gasteiger partial charge < -0.3 is 5.32 Å². The Balaban J connectivity index is 2.38. The van der Waals surface area contributed by atoms with Crippen molar-refractivity contribution in [2.24, 2.45) is 11.3 Å². The second-order valence-corrected chi connectivity index (χ2v) is 6.25. The molecule has 0 aromatic heterocycles. The predicted octanol–water partition coefficient (Wildman–Crippen LogP) is 3.76. The van der Waals surface area contributed by atoms with E-state index in [2.05, 4.69) is 46.0 Å². The zero-order valence-corrected chi connectivity index (χ0v) is 11.1. The molecule has 0 amide bonds. The molecule has 1 aliphatic rings. The molecule has 0 unspecified atom stereocenters. The van der Waals surface area contributed by atoms with Crippen LogP contribution in [0.15, 0.2) is 11.6 Å². The molecule has 0 spiro atoms. The minimum absolute atomic E-state index is 0.378. The average Bonchev–Trinajstić information content (AvgIpc) is 2.14. The van der Waals surface area contributed by atoms with E-state index in [0.717, 1.165) is 18.5 Å². The first kappa shape index (κ1) is 12.8. The summed E-state index contributed by atoms with van der Waals surface area (Å²) in [6.45, 7) is 12.7. The van der Waals surface area contributed by atoms with Crippen LogP contribution in [0.3, 0.4) is 0 Å². The molecule has 0 aliphatic heterocycles. The van der Waals surface area contributed by atoms with E-state index in [1.807, 2.05) is 0 Å². The molecular weight excluding hydrogens is 182 g/mol. The summed E-state index contributed by atoms with van der Waals surface area (Å²) in [6, 6.07) is 0.721. The van der Waals surface area contributed by atoms with E-state index in [9.17, 15) is 0 Å². The molecule has 1 rings (SSSR count). The van der Waals surface area contributed by atoms with Gasteiger partial charge in [0.25, 0.3) is 0 Å². The van der Waals surface area contributed by atoms with Crippen molar-refractivity contribution in [3.8, 4) is 0 Å². The van der Waals surface area contributed by atoms with Gasteiger partial charge in [-0.05, 0) is 37.1 Å². The molecule has 88 valence electrons. The maximum atomic E-state index is 3.65. The first-order chi connectivity index (χ1) is 6.89. The highest BCUT2D eigenvalue weighted by atomic mass is 14.9. The lowest BCUT2D eigenvalue weighted by Gasteiger charge is -2.30. The Morgan fingerprint density at radius 1 is 1.40 bits per heavy atom. The molecule has 0 fully saturated rings. The van der Waals surface area contributed by atoms with Crippen molar-refractivity contribution in [1.82, 2.24) is 5.32 Å². The van der Waals surface area contributed by atoms with Gasteiger partial charge in [0.1, 0.15) is 0 Å². The van der Waals surface area contributed by atoms with Gasteiger partial charge in [0, 0.05) is 6.04 Å². The molecule has 0 heterocycles. The van der Waals surface area contributed by atoms with Crippen molar-refractivity contribution in [3.63, 3.8) is 0 Å². The van der Waals surface area contributed by atoms with Crippen LogP contribution in [0.25, 0.3) is 0 Å². The van der Waals surface area contributed by atoms with Gasteiger partial charge in [0.15, 0.2) is 0 Å². The van der Waals surface area contributed by atoms with Crippen LogP contribution < -0.4 is 5.32 Å². The van der Waals surface area contributed by atoms with Gasteiger partial charge in [0.05, 0.1) is 0 Å². The van der Waals surface area contributed by atoms with Gasteiger partial charge in [-0.3, -0.25) is 0 Å². The normalized spacial score (nSPS) is 23.1.